The van der Waals surface area contributed by atoms with E-state index in [0.717, 1.165) is 31.2 Å². The van der Waals surface area contributed by atoms with Gasteiger partial charge >= 0.3 is 0 Å². The number of aliphatic hydroxyl groups excluding tert-OH is 1. The van der Waals surface area contributed by atoms with Crippen molar-refractivity contribution in [1.82, 2.24) is 14.8 Å². The zero-order valence-electron chi connectivity index (χ0n) is 13.6. The first kappa shape index (κ1) is 17.3. The summed E-state index contributed by atoms with van der Waals surface area (Å²) >= 11 is 1.47. The molecule has 2 rings (SSSR count). The molecule has 1 fully saturated rings. The Kier molecular flexibility index (Phi) is 6.31. The van der Waals surface area contributed by atoms with E-state index in [4.69, 9.17) is 0 Å². The maximum atomic E-state index is 12.4. The highest BCUT2D eigenvalue weighted by atomic mass is 32.1. The maximum absolute atomic E-state index is 12.4. The number of aromatic nitrogens is 1. The predicted octanol–water partition coefficient (Wildman–Crippen LogP) is 0.883. The largest absolute Gasteiger partial charge is 0.392 e. The molecule has 0 radical (unpaired) electrons. The van der Waals surface area contributed by atoms with E-state index in [1.54, 1.807) is 18.1 Å². The summed E-state index contributed by atoms with van der Waals surface area (Å²) in [5, 5.41) is 12.2. The molecule has 1 aliphatic heterocycles. The van der Waals surface area contributed by atoms with Crippen molar-refractivity contribution in [3.8, 4) is 0 Å². The number of hydrogen-bond donors (Lipinski definition) is 1. The third-order valence-corrected chi connectivity index (χ3v) is 4.95. The first-order valence-corrected chi connectivity index (χ1v) is 8.69. The van der Waals surface area contributed by atoms with Crippen LogP contribution >= 0.6 is 11.3 Å². The van der Waals surface area contributed by atoms with Gasteiger partial charge in [-0.25, -0.2) is 4.98 Å². The third kappa shape index (κ3) is 4.49. The molecule has 22 heavy (non-hydrogen) atoms. The third-order valence-electron chi connectivity index (χ3n) is 4.10. The van der Waals surface area contributed by atoms with Gasteiger partial charge in [-0.2, -0.15) is 0 Å². The molecule has 1 aliphatic rings. The highest BCUT2D eigenvalue weighted by Gasteiger charge is 2.28. The first-order valence-electron chi connectivity index (χ1n) is 7.81. The molecule has 1 saturated heterocycles. The summed E-state index contributed by atoms with van der Waals surface area (Å²) in [6.45, 7) is 7.76. The zero-order valence-corrected chi connectivity index (χ0v) is 14.4. The number of carbonyl (C=O) groups excluding carboxylic acids is 1. The van der Waals surface area contributed by atoms with Crippen molar-refractivity contribution in [3.63, 3.8) is 0 Å². The number of carbonyl (C=O) groups is 1. The van der Waals surface area contributed by atoms with Crippen LogP contribution in [0.1, 0.15) is 20.3 Å². The van der Waals surface area contributed by atoms with Crippen LogP contribution in [0.5, 0.6) is 0 Å². The Morgan fingerprint density at radius 1 is 1.59 bits per heavy atom. The molecule has 7 heteroatoms. The fourth-order valence-electron chi connectivity index (χ4n) is 2.85. The molecule has 1 aromatic rings. The number of β-amino-alcohol motifs (C(OH)–C–C–N with tert-alkyl or cyclic N) is 1. The lowest BCUT2D eigenvalue weighted by Crippen LogP contribution is -2.56. The van der Waals surface area contributed by atoms with Gasteiger partial charge in [0.15, 0.2) is 5.13 Å². The fourth-order valence-corrected chi connectivity index (χ4v) is 3.48. The van der Waals surface area contributed by atoms with Gasteiger partial charge in [0.05, 0.1) is 12.6 Å². The molecular formula is C15H26N4O2S. The van der Waals surface area contributed by atoms with Gasteiger partial charge in [-0.3, -0.25) is 19.5 Å². The number of thiazole rings is 1. The Balaban J connectivity index is 1.88. The molecule has 2 atom stereocenters. The molecule has 0 spiro atoms. The Hall–Kier alpha value is -1.02. The van der Waals surface area contributed by atoms with Crippen LogP contribution in [0.25, 0.3) is 0 Å². The molecule has 0 saturated carbocycles. The Morgan fingerprint density at radius 3 is 2.95 bits per heavy atom. The van der Waals surface area contributed by atoms with Crippen molar-refractivity contribution in [2.75, 3.05) is 44.7 Å². The van der Waals surface area contributed by atoms with Gasteiger partial charge < -0.3 is 5.11 Å². The lowest BCUT2D eigenvalue weighted by molar-refractivity contribution is -0.120. The molecule has 1 aromatic heterocycles. The number of hydrogen-bond acceptors (Lipinski definition) is 6. The van der Waals surface area contributed by atoms with Crippen molar-refractivity contribution >= 4 is 22.4 Å². The molecule has 0 bridgehead atoms. The van der Waals surface area contributed by atoms with Crippen molar-refractivity contribution < 1.29 is 9.90 Å². The molecule has 0 aromatic carbocycles. The van der Waals surface area contributed by atoms with E-state index >= 15 is 0 Å². The molecule has 124 valence electrons. The summed E-state index contributed by atoms with van der Waals surface area (Å²) in [4.78, 5) is 22.7. The summed E-state index contributed by atoms with van der Waals surface area (Å²) in [5.74, 6) is 0.0776. The predicted molar refractivity (Wildman–Crippen MR) is 89.3 cm³/mol. The zero-order chi connectivity index (χ0) is 16.1. The SMILES string of the molecule is CCC1CN(CC(=O)N(C)c2nccs2)CCN1CC(C)O. The second-order valence-electron chi connectivity index (χ2n) is 5.91. The molecule has 6 nitrogen and oxygen atoms in total. The van der Waals surface area contributed by atoms with Crippen LogP contribution < -0.4 is 4.90 Å². The molecule has 1 amide bonds. The van der Waals surface area contributed by atoms with E-state index < -0.39 is 0 Å². The first-order chi connectivity index (χ1) is 10.5. The molecule has 0 aliphatic carbocycles. The average Bonchev–Trinajstić information content (AvgIpc) is 3.01. The van der Waals surface area contributed by atoms with E-state index in [1.165, 1.54) is 11.3 Å². The molecular weight excluding hydrogens is 300 g/mol. The Morgan fingerprint density at radius 2 is 2.36 bits per heavy atom. The smallest absolute Gasteiger partial charge is 0.242 e. The minimum absolute atomic E-state index is 0.0776. The van der Waals surface area contributed by atoms with Crippen LogP contribution in [0.15, 0.2) is 11.6 Å². The van der Waals surface area contributed by atoms with Crippen LogP contribution in [0.4, 0.5) is 5.13 Å². The van der Waals surface area contributed by atoms with Gasteiger partial charge in [0.1, 0.15) is 0 Å². The van der Waals surface area contributed by atoms with Crippen molar-refractivity contribution in [2.45, 2.75) is 32.4 Å². The quantitative estimate of drug-likeness (QED) is 0.841. The molecule has 2 unspecified atom stereocenters. The summed E-state index contributed by atoms with van der Waals surface area (Å²) in [5.41, 5.74) is 0. The second kappa shape index (κ2) is 8.01. The van der Waals surface area contributed by atoms with E-state index in [0.29, 0.717) is 19.1 Å². The molecule has 1 N–H and O–H groups in total. The van der Waals surface area contributed by atoms with E-state index in [9.17, 15) is 9.90 Å². The van der Waals surface area contributed by atoms with Crippen LogP contribution in [0.2, 0.25) is 0 Å². The Bertz CT molecular complexity index is 466. The minimum atomic E-state index is -0.307. The van der Waals surface area contributed by atoms with Gasteiger partial charge in [0, 0.05) is 50.8 Å². The van der Waals surface area contributed by atoms with Crippen LogP contribution in [0, 0.1) is 0 Å². The van der Waals surface area contributed by atoms with E-state index in [-0.39, 0.29) is 12.0 Å². The second-order valence-corrected chi connectivity index (χ2v) is 6.78. The number of likely N-dealkylation sites (N-methyl/N-ethyl adjacent to an activating group) is 1. The number of anilines is 1. The Labute approximate surface area is 136 Å². The summed E-state index contributed by atoms with van der Waals surface area (Å²) < 4.78 is 0. The lowest BCUT2D eigenvalue weighted by atomic mass is 10.1. The van der Waals surface area contributed by atoms with Gasteiger partial charge in [0.25, 0.3) is 0 Å². The highest BCUT2D eigenvalue weighted by molar-refractivity contribution is 7.13. The summed E-state index contributed by atoms with van der Waals surface area (Å²) in [6.07, 6.45) is 2.43. The van der Waals surface area contributed by atoms with Gasteiger partial charge in [0.2, 0.25) is 5.91 Å². The maximum Gasteiger partial charge on any atom is 0.242 e. The summed E-state index contributed by atoms with van der Waals surface area (Å²) in [6, 6.07) is 0.404. The van der Waals surface area contributed by atoms with Gasteiger partial charge in [-0.15, -0.1) is 11.3 Å². The number of piperazine rings is 1. The van der Waals surface area contributed by atoms with Crippen LogP contribution in [-0.2, 0) is 4.79 Å². The van der Waals surface area contributed by atoms with E-state index in [1.807, 2.05) is 12.3 Å². The van der Waals surface area contributed by atoms with Gasteiger partial charge in [-0.1, -0.05) is 6.92 Å². The number of amides is 1. The normalized spacial score (nSPS) is 21.7. The van der Waals surface area contributed by atoms with Crippen molar-refractivity contribution in [3.05, 3.63) is 11.6 Å². The fraction of sp³-hybridized carbons (Fsp3) is 0.733. The lowest BCUT2D eigenvalue weighted by Gasteiger charge is -2.41. The average molecular weight is 326 g/mol. The van der Waals surface area contributed by atoms with Crippen molar-refractivity contribution in [2.24, 2.45) is 0 Å². The topological polar surface area (TPSA) is 59.9 Å². The summed E-state index contributed by atoms with van der Waals surface area (Å²) in [7, 11) is 1.78. The number of aliphatic hydroxyl groups is 1. The number of nitrogens with zero attached hydrogens (tertiary/aromatic N) is 4. The molecule has 2 heterocycles. The monoisotopic (exact) mass is 326 g/mol. The van der Waals surface area contributed by atoms with Gasteiger partial charge in [-0.05, 0) is 13.3 Å². The standard InChI is InChI=1S/C15H26N4O2S/c1-4-13-10-18(6-7-19(13)9-12(2)20)11-14(21)17(3)15-16-5-8-22-15/h5,8,12-13,20H,4,6-7,9-11H2,1-3H3. The van der Waals surface area contributed by atoms with Crippen LogP contribution in [-0.4, -0.2) is 77.7 Å². The minimum Gasteiger partial charge on any atom is -0.392 e. The van der Waals surface area contributed by atoms with Crippen LogP contribution in [0.3, 0.4) is 0 Å². The van der Waals surface area contributed by atoms with E-state index in [2.05, 4.69) is 21.7 Å². The number of rotatable bonds is 6. The van der Waals surface area contributed by atoms with Crippen molar-refractivity contribution in [1.29, 1.82) is 0 Å². The highest BCUT2D eigenvalue weighted by Crippen LogP contribution is 2.17.